The van der Waals surface area contributed by atoms with Crippen molar-refractivity contribution < 1.29 is 4.79 Å². The van der Waals surface area contributed by atoms with Gasteiger partial charge in [-0.2, -0.15) is 0 Å². The van der Waals surface area contributed by atoms with Crippen LogP contribution in [0.25, 0.3) is 0 Å². The van der Waals surface area contributed by atoms with Crippen molar-refractivity contribution in [3.05, 3.63) is 12.0 Å². The smallest absolute Gasteiger partial charge is 0.274 e. The predicted molar refractivity (Wildman–Crippen MR) is 53.4 cm³/mol. The van der Waals surface area contributed by atoms with Gasteiger partial charge in [0.05, 0.1) is 6.33 Å². The van der Waals surface area contributed by atoms with Crippen LogP contribution in [-0.4, -0.2) is 47.5 Å². The van der Waals surface area contributed by atoms with Gasteiger partial charge in [0.2, 0.25) is 0 Å². The molecule has 5 heteroatoms. The van der Waals surface area contributed by atoms with Crippen LogP contribution in [-0.2, 0) is 7.05 Å². The fraction of sp³-hybridized carbons (Fsp3) is 0.556. The standard InChI is InChI=1S/C9H14N4O/c1-11-4-5-12(2)9(14)7-8(11)10-6-13(7)3/h6H,4-5H2,1-3H3. The van der Waals surface area contributed by atoms with E-state index in [1.165, 1.54) is 0 Å². The summed E-state index contributed by atoms with van der Waals surface area (Å²) in [7, 11) is 5.62. The SMILES string of the molecule is CN1CCN(C)c2ncn(C)c2C1=O. The maximum atomic E-state index is 11.9. The highest BCUT2D eigenvalue weighted by atomic mass is 16.2. The second-order valence-corrected chi connectivity index (χ2v) is 3.68. The highest BCUT2D eigenvalue weighted by Crippen LogP contribution is 2.20. The number of hydrogen-bond donors (Lipinski definition) is 0. The number of nitrogens with zero attached hydrogens (tertiary/aromatic N) is 4. The Morgan fingerprint density at radius 1 is 1.21 bits per heavy atom. The second-order valence-electron chi connectivity index (χ2n) is 3.68. The van der Waals surface area contributed by atoms with E-state index in [-0.39, 0.29) is 5.91 Å². The zero-order valence-corrected chi connectivity index (χ0v) is 8.69. The van der Waals surface area contributed by atoms with Gasteiger partial charge in [0.15, 0.2) is 11.5 Å². The minimum absolute atomic E-state index is 0.0457. The lowest BCUT2D eigenvalue weighted by atomic mass is 10.4. The van der Waals surface area contributed by atoms with Gasteiger partial charge < -0.3 is 14.4 Å². The summed E-state index contributed by atoms with van der Waals surface area (Å²) in [5.74, 6) is 0.825. The van der Waals surface area contributed by atoms with Crippen LogP contribution in [0.5, 0.6) is 0 Å². The maximum absolute atomic E-state index is 11.9. The van der Waals surface area contributed by atoms with E-state index in [4.69, 9.17) is 0 Å². The molecular formula is C9H14N4O. The number of fused-ring (bicyclic) bond motifs is 1. The van der Waals surface area contributed by atoms with Crippen LogP contribution in [0, 0.1) is 0 Å². The summed E-state index contributed by atoms with van der Waals surface area (Å²) in [6.07, 6.45) is 1.68. The van der Waals surface area contributed by atoms with E-state index in [1.807, 2.05) is 26.0 Å². The Balaban J connectivity index is 2.54. The van der Waals surface area contributed by atoms with Gasteiger partial charge in [-0.25, -0.2) is 4.98 Å². The number of rotatable bonds is 0. The molecule has 1 aromatic rings. The molecule has 0 saturated heterocycles. The molecule has 0 N–H and O–H groups in total. The quantitative estimate of drug-likeness (QED) is 0.581. The summed E-state index contributed by atoms with van der Waals surface area (Å²) in [5.41, 5.74) is 0.674. The monoisotopic (exact) mass is 194 g/mol. The van der Waals surface area contributed by atoms with Crippen molar-refractivity contribution in [3.8, 4) is 0 Å². The number of anilines is 1. The number of hydrogen-bond acceptors (Lipinski definition) is 3. The minimum atomic E-state index is 0.0457. The third-order valence-electron chi connectivity index (χ3n) is 2.60. The van der Waals surface area contributed by atoms with Gasteiger partial charge in [0.1, 0.15) is 0 Å². The van der Waals surface area contributed by atoms with Crippen molar-refractivity contribution in [3.63, 3.8) is 0 Å². The van der Waals surface area contributed by atoms with E-state index < -0.39 is 0 Å². The summed E-state index contributed by atoms with van der Waals surface area (Å²) in [6, 6.07) is 0. The Morgan fingerprint density at radius 3 is 2.57 bits per heavy atom. The lowest BCUT2D eigenvalue weighted by molar-refractivity contribution is 0.0796. The van der Waals surface area contributed by atoms with Crippen molar-refractivity contribution in [2.75, 3.05) is 32.1 Å². The number of amides is 1. The Bertz CT molecular complexity index is 371. The van der Waals surface area contributed by atoms with Crippen molar-refractivity contribution in [2.45, 2.75) is 0 Å². The number of likely N-dealkylation sites (N-methyl/N-ethyl adjacent to an activating group) is 2. The van der Waals surface area contributed by atoms with Crippen LogP contribution < -0.4 is 4.90 Å². The summed E-state index contributed by atoms with van der Waals surface area (Å²) < 4.78 is 1.77. The fourth-order valence-corrected chi connectivity index (χ4v) is 1.63. The van der Waals surface area contributed by atoms with E-state index in [9.17, 15) is 4.79 Å². The molecule has 0 aliphatic carbocycles. The van der Waals surface area contributed by atoms with Gasteiger partial charge in [-0.15, -0.1) is 0 Å². The minimum Gasteiger partial charge on any atom is -0.356 e. The lowest BCUT2D eigenvalue weighted by Gasteiger charge is -2.15. The predicted octanol–water partition coefficient (Wildman–Crippen LogP) is -0.0581. The normalized spacial score (nSPS) is 16.9. The van der Waals surface area contributed by atoms with Crippen LogP contribution >= 0.6 is 0 Å². The van der Waals surface area contributed by atoms with E-state index in [0.29, 0.717) is 5.69 Å². The number of imidazole rings is 1. The first-order valence-corrected chi connectivity index (χ1v) is 4.59. The van der Waals surface area contributed by atoms with E-state index in [2.05, 4.69) is 4.98 Å². The van der Waals surface area contributed by atoms with Crippen molar-refractivity contribution in [1.29, 1.82) is 0 Å². The van der Waals surface area contributed by atoms with Crippen LogP contribution in [0.2, 0.25) is 0 Å². The number of aromatic nitrogens is 2. The Kier molecular flexibility index (Phi) is 1.94. The van der Waals surface area contributed by atoms with Gasteiger partial charge in [0.25, 0.3) is 5.91 Å². The van der Waals surface area contributed by atoms with Crippen molar-refractivity contribution in [2.24, 2.45) is 7.05 Å². The maximum Gasteiger partial charge on any atom is 0.274 e. The molecule has 1 amide bonds. The van der Waals surface area contributed by atoms with Gasteiger partial charge in [0, 0.05) is 34.2 Å². The van der Waals surface area contributed by atoms with Gasteiger partial charge in [-0.3, -0.25) is 4.79 Å². The molecule has 2 heterocycles. The molecule has 0 bridgehead atoms. The molecule has 1 aromatic heterocycles. The molecule has 76 valence electrons. The first-order chi connectivity index (χ1) is 6.61. The highest BCUT2D eigenvalue weighted by Gasteiger charge is 2.26. The summed E-state index contributed by atoms with van der Waals surface area (Å²) in [4.78, 5) is 19.9. The van der Waals surface area contributed by atoms with E-state index >= 15 is 0 Å². The zero-order chi connectivity index (χ0) is 10.3. The molecule has 0 saturated carbocycles. The second kappa shape index (κ2) is 3.01. The average Bonchev–Trinajstić information content (AvgIpc) is 2.50. The lowest BCUT2D eigenvalue weighted by Crippen LogP contribution is -2.30. The van der Waals surface area contributed by atoms with Crippen molar-refractivity contribution in [1.82, 2.24) is 14.5 Å². The molecule has 0 spiro atoms. The summed E-state index contributed by atoms with van der Waals surface area (Å²) >= 11 is 0. The molecule has 0 radical (unpaired) electrons. The van der Waals surface area contributed by atoms with Crippen LogP contribution in [0.4, 0.5) is 5.82 Å². The molecule has 0 fully saturated rings. The first kappa shape index (κ1) is 9.05. The zero-order valence-electron chi connectivity index (χ0n) is 8.69. The molecule has 1 aliphatic heterocycles. The molecule has 0 aromatic carbocycles. The number of carbonyl (C=O) groups is 1. The largest absolute Gasteiger partial charge is 0.356 e. The Hall–Kier alpha value is -1.52. The average molecular weight is 194 g/mol. The molecule has 0 unspecified atom stereocenters. The van der Waals surface area contributed by atoms with Crippen LogP contribution in [0.1, 0.15) is 10.5 Å². The van der Waals surface area contributed by atoms with Crippen LogP contribution in [0.3, 0.4) is 0 Å². The number of carbonyl (C=O) groups excluding carboxylic acids is 1. The first-order valence-electron chi connectivity index (χ1n) is 4.59. The molecular weight excluding hydrogens is 180 g/mol. The number of aryl methyl sites for hydroxylation is 1. The Morgan fingerprint density at radius 2 is 1.86 bits per heavy atom. The van der Waals surface area contributed by atoms with Gasteiger partial charge in [-0.1, -0.05) is 0 Å². The molecule has 0 atom stereocenters. The van der Waals surface area contributed by atoms with Crippen LogP contribution in [0.15, 0.2) is 6.33 Å². The molecule has 1 aliphatic rings. The van der Waals surface area contributed by atoms with E-state index in [1.54, 1.807) is 15.8 Å². The third-order valence-corrected chi connectivity index (χ3v) is 2.60. The molecule has 14 heavy (non-hydrogen) atoms. The van der Waals surface area contributed by atoms with Crippen molar-refractivity contribution >= 4 is 11.7 Å². The Labute approximate surface area is 82.9 Å². The third kappa shape index (κ3) is 1.16. The van der Waals surface area contributed by atoms with E-state index in [0.717, 1.165) is 18.9 Å². The fourth-order valence-electron chi connectivity index (χ4n) is 1.63. The summed E-state index contributed by atoms with van der Waals surface area (Å²) in [6.45, 7) is 1.57. The van der Waals surface area contributed by atoms with Gasteiger partial charge in [-0.05, 0) is 0 Å². The van der Waals surface area contributed by atoms with Gasteiger partial charge >= 0.3 is 0 Å². The summed E-state index contributed by atoms with van der Waals surface area (Å²) in [5, 5.41) is 0. The molecule has 5 nitrogen and oxygen atoms in total. The topological polar surface area (TPSA) is 41.4 Å². The molecule has 2 rings (SSSR count). The highest BCUT2D eigenvalue weighted by molar-refractivity contribution is 5.97.